The lowest BCUT2D eigenvalue weighted by atomic mass is 10.00. The average Bonchev–Trinajstić information content (AvgIpc) is 3.02. The third-order valence-electron chi connectivity index (χ3n) is 3.24. The minimum absolute atomic E-state index is 0.122. The van der Waals surface area contributed by atoms with E-state index in [0.717, 1.165) is 30.7 Å². The fourth-order valence-corrected chi connectivity index (χ4v) is 2.26. The molecule has 2 atom stereocenters. The molecule has 0 spiro atoms. The van der Waals surface area contributed by atoms with Crippen LogP contribution in [0.25, 0.3) is 0 Å². The smallest absolute Gasteiger partial charge is 0.128 e. The van der Waals surface area contributed by atoms with Gasteiger partial charge in [0.2, 0.25) is 0 Å². The predicted octanol–water partition coefficient (Wildman–Crippen LogP) is 2.52. The van der Waals surface area contributed by atoms with E-state index in [1.807, 2.05) is 26.0 Å². The molecule has 1 saturated heterocycles. The van der Waals surface area contributed by atoms with Crippen LogP contribution < -0.4 is 14.8 Å². The van der Waals surface area contributed by atoms with Crippen molar-refractivity contribution in [3.8, 4) is 11.5 Å². The van der Waals surface area contributed by atoms with Crippen LogP contribution >= 0.6 is 0 Å². The molecule has 0 saturated carbocycles. The van der Waals surface area contributed by atoms with Crippen LogP contribution in [-0.2, 0) is 0 Å². The summed E-state index contributed by atoms with van der Waals surface area (Å²) in [6.07, 6.45) is 1.58. The Balaban J connectivity index is 0.000000861. The van der Waals surface area contributed by atoms with Gasteiger partial charge in [-0.15, -0.1) is 0 Å². The van der Waals surface area contributed by atoms with Crippen molar-refractivity contribution in [1.82, 2.24) is 5.32 Å². The van der Waals surface area contributed by atoms with Crippen LogP contribution in [0.5, 0.6) is 11.5 Å². The van der Waals surface area contributed by atoms with Crippen molar-refractivity contribution in [2.45, 2.75) is 38.8 Å². The summed E-state index contributed by atoms with van der Waals surface area (Å²) >= 11 is 0. The van der Waals surface area contributed by atoms with Crippen LogP contribution in [0.15, 0.2) is 18.2 Å². The summed E-state index contributed by atoms with van der Waals surface area (Å²) in [6.45, 7) is 4.97. The van der Waals surface area contributed by atoms with E-state index in [-0.39, 0.29) is 6.04 Å². The minimum Gasteiger partial charge on any atom is -0.497 e. The first kappa shape index (κ1) is 15.8. The van der Waals surface area contributed by atoms with Gasteiger partial charge in [-0.25, -0.2) is 0 Å². The maximum atomic E-state index is 10.3. The van der Waals surface area contributed by atoms with Crippen molar-refractivity contribution >= 4 is 0 Å². The van der Waals surface area contributed by atoms with Gasteiger partial charge in [-0.1, -0.05) is 13.8 Å². The Hall–Kier alpha value is -1.26. The van der Waals surface area contributed by atoms with E-state index in [1.54, 1.807) is 20.3 Å². The van der Waals surface area contributed by atoms with Crippen molar-refractivity contribution in [3.63, 3.8) is 0 Å². The molecule has 4 nitrogen and oxygen atoms in total. The van der Waals surface area contributed by atoms with Crippen LogP contribution in [0.1, 0.15) is 38.4 Å². The van der Waals surface area contributed by atoms with Crippen molar-refractivity contribution in [2.24, 2.45) is 0 Å². The summed E-state index contributed by atoms with van der Waals surface area (Å²) in [4.78, 5) is 0. The van der Waals surface area contributed by atoms with Crippen LogP contribution in [0.3, 0.4) is 0 Å². The topological polar surface area (TPSA) is 50.7 Å². The molecule has 1 aromatic carbocycles. The highest BCUT2D eigenvalue weighted by Gasteiger charge is 2.26. The number of hydrogen-bond donors (Lipinski definition) is 2. The Kier molecular flexibility index (Phi) is 6.67. The van der Waals surface area contributed by atoms with E-state index in [0.29, 0.717) is 5.75 Å². The zero-order chi connectivity index (χ0) is 14.3. The quantitative estimate of drug-likeness (QED) is 0.880. The molecule has 0 aliphatic carbocycles. The summed E-state index contributed by atoms with van der Waals surface area (Å²) in [6, 6.07) is 5.63. The molecule has 4 heteroatoms. The molecule has 1 aromatic rings. The third-order valence-corrected chi connectivity index (χ3v) is 3.24. The fraction of sp³-hybridized carbons (Fsp3) is 0.600. The van der Waals surface area contributed by atoms with Crippen molar-refractivity contribution < 1.29 is 14.6 Å². The number of rotatable bonds is 4. The highest BCUT2D eigenvalue weighted by atomic mass is 16.5. The zero-order valence-corrected chi connectivity index (χ0v) is 12.3. The summed E-state index contributed by atoms with van der Waals surface area (Å²) < 4.78 is 10.4. The molecule has 1 aliphatic rings. The van der Waals surface area contributed by atoms with Gasteiger partial charge in [-0.3, -0.25) is 0 Å². The summed E-state index contributed by atoms with van der Waals surface area (Å²) in [5, 5.41) is 13.6. The van der Waals surface area contributed by atoms with Crippen LogP contribution in [0.2, 0.25) is 0 Å². The second-order valence-corrected chi connectivity index (χ2v) is 4.26. The first-order valence-corrected chi connectivity index (χ1v) is 6.89. The maximum Gasteiger partial charge on any atom is 0.128 e. The Bertz CT molecular complexity index is 376. The van der Waals surface area contributed by atoms with Gasteiger partial charge in [-0.2, -0.15) is 0 Å². The van der Waals surface area contributed by atoms with E-state index in [1.165, 1.54) is 0 Å². The average molecular weight is 267 g/mol. The lowest BCUT2D eigenvalue weighted by Gasteiger charge is -2.21. The van der Waals surface area contributed by atoms with Crippen LogP contribution in [-0.4, -0.2) is 31.9 Å². The Morgan fingerprint density at radius 1 is 1.26 bits per heavy atom. The number of ether oxygens (including phenoxy) is 2. The van der Waals surface area contributed by atoms with E-state index >= 15 is 0 Å². The van der Waals surface area contributed by atoms with Crippen LogP contribution in [0, 0.1) is 0 Å². The number of aliphatic hydroxyl groups is 1. The number of nitrogens with one attached hydrogen (secondary N) is 1. The molecule has 2 N–H and O–H groups in total. The zero-order valence-electron chi connectivity index (χ0n) is 12.3. The highest BCUT2D eigenvalue weighted by molar-refractivity contribution is 5.42. The molecule has 1 fully saturated rings. The van der Waals surface area contributed by atoms with E-state index in [4.69, 9.17) is 9.47 Å². The molecule has 0 bridgehead atoms. The highest BCUT2D eigenvalue weighted by Crippen LogP contribution is 2.32. The molecule has 1 heterocycles. The number of hydrogen-bond acceptors (Lipinski definition) is 4. The lowest BCUT2D eigenvalue weighted by molar-refractivity contribution is 0.134. The monoisotopic (exact) mass is 267 g/mol. The fourth-order valence-electron chi connectivity index (χ4n) is 2.26. The molecule has 2 unspecified atom stereocenters. The molecular weight excluding hydrogens is 242 g/mol. The van der Waals surface area contributed by atoms with Gasteiger partial charge in [0.15, 0.2) is 0 Å². The number of methoxy groups -OCH3 is 2. The van der Waals surface area contributed by atoms with Gasteiger partial charge in [0, 0.05) is 17.7 Å². The van der Waals surface area contributed by atoms with E-state index < -0.39 is 6.10 Å². The standard InChI is InChI=1S/C13H19NO3.C2H6/c1-16-9-5-6-10(12(8-9)17-2)13(15)11-4-3-7-14-11;1-2/h5-6,8,11,13-15H,3-4,7H2,1-2H3;1-2H3. The Morgan fingerprint density at radius 2 is 2.00 bits per heavy atom. The molecule has 2 rings (SSSR count). The predicted molar refractivity (Wildman–Crippen MR) is 76.9 cm³/mol. The van der Waals surface area contributed by atoms with Crippen molar-refractivity contribution in [3.05, 3.63) is 23.8 Å². The summed E-state index contributed by atoms with van der Waals surface area (Å²) in [7, 11) is 3.22. The van der Waals surface area contributed by atoms with Gasteiger partial charge >= 0.3 is 0 Å². The molecule has 108 valence electrons. The first-order chi connectivity index (χ1) is 9.26. The van der Waals surface area contributed by atoms with Gasteiger partial charge in [0.25, 0.3) is 0 Å². The van der Waals surface area contributed by atoms with Crippen LogP contribution in [0.4, 0.5) is 0 Å². The normalized spacial score (nSPS) is 19.3. The SMILES string of the molecule is CC.COc1ccc(C(O)C2CCCN2)c(OC)c1. The minimum atomic E-state index is -0.529. The molecule has 0 radical (unpaired) electrons. The van der Waals surface area contributed by atoms with Gasteiger partial charge < -0.3 is 19.9 Å². The second kappa shape index (κ2) is 8.02. The summed E-state index contributed by atoms with van der Waals surface area (Å²) in [5.41, 5.74) is 0.813. The molecule has 0 amide bonds. The van der Waals surface area contributed by atoms with Gasteiger partial charge in [0.05, 0.1) is 20.3 Å². The maximum absolute atomic E-state index is 10.3. The van der Waals surface area contributed by atoms with Gasteiger partial charge in [-0.05, 0) is 31.5 Å². The number of benzene rings is 1. The molecule has 19 heavy (non-hydrogen) atoms. The van der Waals surface area contributed by atoms with Crippen molar-refractivity contribution in [1.29, 1.82) is 0 Å². The summed E-state index contributed by atoms with van der Waals surface area (Å²) in [5.74, 6) is 1.41. The molecule has 1 aliphatic heterocycles. The second-order valence-electron chi connectivity index (χ2n) is 4.26. The molecular formula is C15H25NO3. The largest absolute Gasteiger partial charge is 0.497 e. The first-order valence-electron chi connectivity index (χ1n) is 6.89. The van der Waals surface area contributed by atoms with E-state index in [2.05, 4.69) is 5.32 Å². The Labute approximate surface area is 115 Å². The number of aliphatic hydroxyl groups excluding tert-OH is 1. The third kappa shape index (κ3) is 3.85. The Morgan fingerprint density at radius 3 is 2.53 bits per heavy atom. The van der Waals surface area contributed by atoms with Crippen molar-refractivity contribution in [2.75, 3.05) is 20.8 Å². The molecule has 0 aromatic heterocycles. The lowest BCUT2D eigenvalue weighted by Crippen LogP contribution is -2.28. The van der Waals surface area contributed by atoms with Gasteiger partial charge in [0.1, 0.15) is 11.5 Å². The van der Waals surface area contributed by atoms with E-state index in [9.17, 15) is 5.11 Å².